The van der Waals surface area contributed by atoms with Gasteiger partial charge in [-0.25, -0.2) is 0 Å². The summed E-state index contributed by atoms with van der Waals surface area (Å²) in [5.74, 6) is 1.62. The summed E-state index contributed by atoms with van der Waals surface area (Å²) in [6.07, 6.45) is 4.04. The van der Waals surface area contributed by atoms with Crippen molar-refractivity contribution in [2.24, 2.45) is 11.8 Å². The van der Waals surface area contributed by atoms with Crippen LogP contribution >= 0.6 is 11.6 Å². The van der Waals surface area contributed by atoms with Crippen LogP contribution in [-0.2, 0) is 0 Å². The number of piperazine rings is 1. The molecule has 0 aromatic rings. The third-order valence-electron chi connectivity index (χ3n) is 5.28. The zero-order valence-electron chi connectivity index (χ0n) is 12.9. The Morgan fingerprint density at radius 1 is 1.53 bits per heavy atom. The minimum Gasteiger partial charge on any atom is -0.311 e. The Morgan fingerprint density at radius 2 is 2.21 bits per heavy atom. The van der Waals surface area contributed by atoms with Gasteiger partial charge in [-0.05, 0) is 44.1 Å². The molecule has 0 aromatic heterocycles. The zero-order valence-corrected chi connectivity index (χ0v) is 13.6. The van der Waals surface area contributed by atoms with Crippen LogP contribution in [0, 0.1) is 11.8 Å². The SMILES string of the molecule is CCC(C)C1CN(CC(C)=CCl)C(C)(C2CC2)CN1. The zero-order chi connectivity index (χ0) is 14.0. The molecular formula is C16H29ClN2. The largest absolute Gasteiger partial charge is 0.311 e. The molecule has 2 aliphatic rings. The van der Waals surface area contributed by atoms with Gasteiger partial charge in [-0.15, -0.1) is 0 Å². The van der Waals surface area contributed by atoms with E-state index in [-0.39, 0.29) is 0 Å². The molecule has 1 saturated carbocycles. The van der Waals surface area contributed by atoms with E-state index in [1.54, 1.807) is 5.54 Å². The molecule has 1 saturated heterocycles. The first-order valence-electron chi connectivity index (χ1n) is 7.75. The fraction of sp³-hybridized carbons (Fsp3) is 0.875. The molecule has 0 spiro atoms. The molecule has 2 rings (SSSR count). The summed E-state index contributed by atoms with van der Waals surface area (Å²) in [7, 11) is 0. The Morgan fingerprint density at radius 3 is 2.74 bits per heavy atom. The maximum atomic E-state index is 5.88. The minimum absolute atomic E-state index is 0.325. The summed E-state index contributed by atoms with van der Waals surface area (Å²) in [6.45, 7) is 12.5. The van der Waals surface area contributed by atoms with Crippen LogP contribution in [0.25, 0.3) is 0 Å². The molecule has 1 heterocycles. The van der Waals surface area contributed by atoms with Gasteiger partial charge in [0.25, 0.3) is 0 Å². The molecule has 0 amide bonds. The highest BCUT2D eigenvalue weighted by Gasteiger charge is 2.48. The van der Waals surface area contributed by atoms with Crippen molar-refractivity contribution in [2.75, 3.05) is 19.6 Å². The van der Waals surface area contributed by atoms with Crippen molar-refractivity contribution in [1.29, 1.82) is 0 Å². The van der Waals surface area contributed by atoms with Crippen LogP contribution in [0.5, 0.6) is 0 Å². The summed E-state index contributed by atoms with van der Waals surface area (Å²) in [5.41, 5.74) is 3.34. The van der Waals surface area contributed by atoms with Crippen LogP contribution in [0.2, 0.25) is 0 Å². The molecule has 1 N–H and O–H groups in total. The van der Waals surface area contributed by atoms with E-state index in [2.05, 4.69) is 37.9 Å². The van der Waals surface area contributed by atoms with Crippen molar-refractivity contribution in [3.8, 4) is 0 Å². The van der Waals surface area contributed by atoms with Crippen LogP contribution in [0.4, 0.5) is 0 Å². The van der Waals surface area contributed by atoms with Crippen molar-refractivity contribution >= 4 is 11.6 Å². The van der Waals surface area contributed by atoms with Crippen LogP contribution < -0.4 is 5.32 Å². The van der Waals surface area contributed by atoms with Gasteiger partial charge in [0, 0.05) is 36.8 Å². The van der Waals surface area contributed by atoms with Gasteiger partial charge in [0.1, 0.15) is 0 Å². The minimum atomic E-state index is 0.325. The number of nitrogens with zero attached hydrogens (tertiary/aromatic N) is 1. The Balaban J connectivity index is 2.09. The van der Waals surface area contributed by atoms with E-state index in [1.807, 2.05) is 0 Å². The maximum absolute atomic E-state index is 5.88. The summed E-state index contributed by atoms with van der Waals surface area (Å²) >= 11 is 5.88. The lowest BCUT2D eigenvalue weighted by Crippen LogP contribution is -2.65. The van der Waals surface area contributed by atoms with Crippen molar-refractivity contribution in [3.05, 3.63) is 11.1 Å². The molecule has 19 heavy (non-hydrogen) atoms. The predicted molar refractivity (Wildman–Crippen MR) is 83.6 cm³/mol. The van der Waals surface area contributed by atoms with E-state index in [0.717, 1.165) is 31.5 Å². The van der Waals surface area contributed by atoms with Gasteiger partial charge in [-0.3, -0.25) is 4.90 Å². The third-order valence-corrected chi connectivity index (χ3v) is 5.65. The third kappa shape index (κ3) is 3.34. The van der Waals surface area contributed by atoms with E-state index in [0.29, 0.717) is 11.6 Å². The summed E-state index contributed by atoms with van der Waals surface area (Å²) in [6, 6.07) is 0.625. The standard InChI is InChI=1S/C16H29ClN2/c1-5-13(3)15-10-19(9-12(2)8-17)16(4,11-18-15)14-6-7-14/h8,13-15,18H,5-7,9-11H2,1-4H3. The van der Waals surface area contributed by atoms with Gasteiger partial charge in [0.2, 0.25) is 0 Å². The molecule has 3 atom stereocenters. The summed E-state index contributed by atoms with van der Waals surface area (Å²) in [4.78, 5) is 2.69. The highest BCUT2D eigenvalue weighted by atomic mass is 35.5. The van der Waals surface area contributed by atoms with Crippen LogP contribution in [-0.4, -0.2) is 36.1 Å². The van der Waals surface area contributed by atoms with Crippen molar-refractivity contribution in [3.63, 3.8) is 0 Å². The molecule has 0 bridgehead atoms. The Bertz CT molecular complexity index is 338. The molecule has 3 heteroatoms. The Kier molecular flexibility index (Phi) is 4.97. The molecule has 2 nitrogen and oxygen atoms in total. The summed E-state index contributed by atoms with van der Waals surface area (Å²) in [5, 5.41) is 3.81. The quantitative estimate of drug-likeness (QED) is 0.830. The van der Waals surface area contributed by atoms with Gasteiger partial charge in [-0.1, -0.05) is 31.9 Å². The van der Waals surface area contributed by atoms with E-state index in [4.69, 9.17) is 11.6 Å². The van der Waals surface area contributed by atoms with E-state index in [9.17, 15) is 0 Å². The smallest absolute Gasteiger partial charge is 0.0338 e. The highest BCUT2D eigenvalue weighted by molar-refractivity contribution is 6.25. The normalized spacial score (nSPS) is 35.4. The molecule has 0 radical (unpaired) electrons. The van der Waals surface area contributed by atoms with Gasteiger partial charge >= 0.3 is 0 Å². The van der Waals surface area contributed by atoms with Crippen LogP contribution in [0.1, 0.15) is 47.0 Å². The number of hydrogen-bond donors (Lipinski definition) is 1. The number of halogens is 1. The topological polar surface area (TPSA) is 15.3 Å². The van der Waals surface area contributed by atoms with Crippen LogP contribution in [0.15, 0.2) is 11.1 Å². The average Bonchev–Trinajstić information content (AvgIpc) is 3.25. The van der Waals surface area contributed by atoms with E-state index >= 15 is 0 Å². The lowest BCUT2D eigenvalue weighted by atomic mass is 9.86. The fourth-order valence-electron chi connectivity index (χ4n) is 3.31. The van der Waals surface area contributed by atoms with Gasteiger partial charge in [0.05, 0.1) is 0 Å². The monoisotopic (exact) mass is 284 g/mol. The van der Waals surface area contributed by atoms with E-state index < -0.39 is 0 Å². The van der Waals surface area contributed by atoms with E-state index in [1.165, 1.54) is 24.8 Å². The summed E-state index contributed by atoms with van der Waals surface area (Å²) < 4.78 is 0. The first kappa shape index (κ1) is 15.3. The molecule has 1 aliphatic carbocycles. The molecule has 0 aromatic carbocycles. The molecule has 1 aliphatic heterocycles. The second kappa shape index (κ2) is 6.15. The first-order valence-corrected chi connectivity index (χ1v) is 8.19. The molecule has 3 unspecified atom stereocenters. The number of hydrogen-bond acceptors (Lipinski definition) is 2. The number of rotatable bonds is 5. The van der Waals surface area contributed by atoms with Crippen molar-refractivity contribution in [2.45, 2.75) is 58.5 Å². The average molecular weight is 285 g/mol. The van der Waals surface area contributed by atoms with Gasteiger partial charge < -0.3 is 5.32 Å². The van der Waals surface area contributed by atoms with Gasteiger partial charge in [0.15, 0.2) is 0 Å². The molecular weight excluding hydrogens is 256 g/mol. The lowest BCUT2D eigenvalue weighted by Gasteiger charge is -2.50. The fourth-order valence-corrected chi connectivity index (χ4v) is 3.38. The molecule has 2 fully saturated rings. The Labute approximate surface area is 123 Å². The molecule has 110 valence electrons. The second-order valence-corrected chi connectivity index (χ2v) is 7.06. The highest BCUT2D eigenvalue weighted by Crippen LogP contribution is 2.44. The second-order valence-electron chi connectivity index (χ2n) is 6.84. The van der Waals surface area contributed by atoms with Crippen LogP contribution in [0.3, 0.4) is 0 Å². The number of nitrogens with one attached hydrogen (secondary N) is 1. The lowest BCUT2D eigenvalue weighted by molar-refractivity contribution is 0.0314. The van der Waals surface area contributed by atoms with Crippen molar-refractivity contribution < 1.29 is 0 Å². The van der Waals surface area contributed by atoms with Crippen molar-refractivity contribution in [1.82, 2.24) is 10.2 Å². The maximum Gasteiger partial charge on any atom is 0.0338 e. The van der Waals surface area contributed by atoms with Gasteiger partial charge in [-0.2, -0.15) is 0 Å². The Hall–Kier alpha value is -0.0500. The predicted octanol–water partition coefficient (Wildman–Crippen LogP) is 3.62. The first-order chi connectivity index (χ1) is 9.01.